The highest BCUT2D eigenvalue weighted by Gasteiger charge is 2.45. The van der Waals surface area contributed by atoms with Crippen LogP contribution in [0, 0.1) is 5.41 Å². The number of carbonyl (C=O) groups is 2. The minimum absolute atomic E-state index is 0.140. The maximum atomic E-state index is 11.7. The van der Waals surface area contributed by atoms with Crippen molar-refractivity contribution in [3.05, 3.63) is 54.2 Å². The van der Waals surface area contributed by atoms with Gasteiger partial charge in [-0.25, -0.2) is 4.79 Å². The van der Waals surface area contributed by atoms with Gasteiger partial charge in [0.2, 0.25) is 0 Å². The largest absolute Gasteiger partial charge is 0.478 e. The first-order chi connectivity index (χ1) is 14.0. The number of fused-ring (bicyclic) bond motifs is 1. The molecular weight excluding hydrogens is 368 g/mol. The van der Waals surface area contributed by atoms with Gasteiger partial charge >= 0.3 is 5.97 Å². The number of hydrogen-bond donors (Lipinski definition) is 2. The van der Waals surface area contributed by atoms with E-state index in [-0.39, 0.29) is 11.0 Å². The summed E-state index contributed by atoms with van der Waals surface area (Å²) in [6.45, 7) is 1.74. The van der Waals surface area contributed by atoms with Gasteiger partial charge in [0, 0.05) is 54.8 Å². The molecule has 1 aromatic heterocycles. The van der Waals surface area contributed by atoms with Crippen molar-refractivity contribution in [2.24, 2.45) is 5.41 Å². The molecule has 3 aromatic rings. The fourth-order valence-corrected chi connectivity index (χ4v) is 4.57. The molecule has 29 heavy (non-hydrogen) atoms. The minimum Gasteiger partial charge on any atom is -0.478 e. The summed E-state index contributed by atoms with van der Waals surface area (Å²) in [5.74, 6) is 0.297. The van der Waals surface area contributed by atoms with E-state index in [9.17, 15) is 14.7 Å². The Morgan fingerprint density at radius 3 is 2.59 bits per heavy atom. The molecule has 6 nitrogen and oxygen atoms in total. The van der Waals surface area contributed by atoms with Crippen LogP contribution in [0.4, 0.5) is 5.69 Å². The van der Waals surface area contributed by atoms with Crippen LogP contribution in [-0.4, -0.2) is 34.9 Å². The van der Waals surface area contributed by atoms with Crippen molar-refractivity contribution in [1.82, 2.24) is 4.98 Å². The Bertz CT molecular complexity index is 1100. The lowest BCUT2D eigenvalue weighted by atomic mass is 9.62. The molecule has 148 valence electrons. The second-order valence-corrected chi connectivity index (χ2v) is 8.19. The Morgan fingerprint density at radius 2 is 1.86 bits per heavy atom. The van der Waals surface area contributed by atoms with E-state index in [0.29, 0.717) is 17.3 Å². The summed E-state index contributed by atoms with van der Waals surface area (Å²) < 4.78 is 6.00. The van der Waals surface area contributed by atoms with Gasteiger partial charge in [0.1, 0.15) is 22.8 Å². The molecule has 2 fully saturated rings. The number of rotatable bonds is 4. The van der Waals surface area contributed by atoms with Crippen LogP contribution in [0.25, 0.3) is 10.9 Å². The molecule has 2 heterocycles. The Kier molecular flexibility index (Phi) is 4.08. The summed E-state index contributed by atoms with van der Waals surface area (Å²) in [5, 5.41) is 10.6. The van der Waals surface area contributed by atoms with E-state index in [1.54, 1.807) is 6.07 Å². The average molecular weight is 390 g/mol. The molecule has 6 heteroatoms. The zero-order valence-corrected chi connectivity index (χ0v) is 16.0. The Labute approximate surface area is 168 Å². The third-order valence-corrected chi connectivity index (χ3v) is 6.28. The summed E-state index contributed by atoms with van der Waals surface area (Å²) in [5.41, 5.74) is 2.30. The number of hydrogen-bond acceptors (Lipinski definition) is 4. The molecule has 1 saturated carbocycles. The van der Waals surface area contributed by atoms with E-state index in [1.165, 1.54) is 0 Å². The van der Waals surface area contributed by atoms with Gasteiger partial charge in [0.15, 0.2) is 0 Å². The maximum Gasteiger partial charge on any atom is 0.339 e. The number of piperidine rings is 1. The lowest BCUT2D eigenvalue weighted by Gasteiger charge is -2.47. The molecule has 0 bridgehead atoms. The SMILES string of the molecule is O=C1CC2(CCN(c3ccc(C(=O)O)c(Oc4ccc5[nH]ccc5c4)c3)CC2)C1. The molecule has 2 aromatic carbocycles. The second-order valence-electron chi connectivity index (χ2n) is 8.19. The first-order valence-corrected chi connectivity index (χ1v) is 9.90. The van der Waals surface area contributed by atoms with Gasteiger partial charge in [0.05, 0.1) is 0 Å². The Morgan fingerprint density at radius 1 is 1.07 bits per heavy atom. The number of benzene rings is 2. The predicted molar refractivity (Wildman–Crippen MR) is 110 cm³/mol. The van der Waals surface area contributed by atoms with Gasteiger partial charge in [-0.1, -0.05) is 0 Å². The van der Waals surface area contributed by atoms with Crippen molar-refractivity contribution in [2.75, 3.05) is 18.0 Å². The van der Waals surface area contributed by atoms with E-state index in [2.05, 4.69) is 9.88 Å². The van der Waals surface area contributed by atoms with Gasteiger partial charge < -0.3 is 19.7 Å². The van der Waals surface area contributed by atoms with Crippen LogP contribution < -0.4 is 9.64 Å². The molecule has 0 radical (unpaired) electrons. The van der Waals surface area contributed by atoms with Crippen LogP contribution in [0.1, 0.15) is 36.0 Å². The van der Waals surface area contributed by atoms with Crippen molar-refractivity contribution in [3.8, 4) is 11.5 Å². The molecule has 2 N–H and O–H groups in total. The number of ketones is 1. The van der Waals surface area contributed by atoms with Crippen molar-refractivity contribution >= 4 is 28.3 Å². The standard InChI is InChI=1S/C23H22N2O4/c26-17-13-23(14-17)6-9-25(10-7-23)16-1-3-19(22(27)28)21(12-16)29-18-2-4-20-15(11-18)5-8-24-20/h1-5,8,11-12,24H,6-7,9-10,13-14H2,(H,27,28). The molecule has 1 aliphatic heterocycles. The lowest BCUT2D eigenvalue weighted by molar-refractivity contribution is -0.133. The maximum absolute atomic E-state index is 11.7. The highest BCUT2D eigenvalue weighted by atomic mass is 16.5. The first-order valence-electron chi connectivity index (χ1n) is 9.90. The highest BCUT2D eigenvalue weighted by Crippen LogP contribution is 2.47. The van der Waals surface area contributed by atoms with Gasteiger partial charge in [-0.2, -0.15) is 0 Å². The summed E-state index contributed by atoms with van der Waals surface area (Å²) in [7, 11) is 0. The van der Waals surface area contributed by atoms with Crippen molar-refractivity contribution < 1.29 is 19.4 Å². The average Bonchev–Trinajstić information content (AvgIpc) is 3.15. The molecule has 1 aliphatic carbocycles. The third-order valence-electron chi connectivity index (χ3n) is 6.28. The summed E-state index contributed by atoms with van der Waals surface area (Å²) >= 11 is 0. The van der Waals surface area contributed by atoms with Crippen LogP contribution in [0.3, 0.4) is 0 Å². The van der Waals surface area contributed by atoms with Crippen LogP contribution in [-0.2, 0) is 4.79 Å². The number of carbonyl (C=O) groups excluding carboxylic acids is 1. The fraction of sp³-hybridized carbons (Fsp3) is 0.304. The molecule has 1 spiro atoms. The van der Waals surface area contributed by atoms with Crippen LogP contribution in [0.5, 0.6) is 11.5 Å². The topological polar surface area (TPSA) is 82.6 Å². The molecule has 2 aliphatic rings. The first kappa shape index (κ1) is 17.8. The summed E-state index contributed by atoms with van der Waals surface area (Å²) in [4.78, 5) is 28.5. The normalized spacial score (nSPS) is 18.1. The monoisotopic (exact) mass is 390 g/mol. The summed E-state index contributed by atoms with van der Waals surface area (Å²) in [6.07, 6.45) is 5.29. The second kappa shape index (κ2) is 6.65. The molecule has 1 saturated heterocycles. The minimum atomic E-state index is -1.01. The number of ether oxygens (including phenoxy) is 1. The number of aromatic nitrogens is 1. The molecular formula is C23H22N2O4. The number of aromatic amines is 1. The van der Waals surface area contributed by atoms with Gasteiger partial charge in [-0.3, -0.25) is 4.79 Å². The lowest BCUT2D eigenvalue weighted by Crippen LogP contribution is -2.47. The number of carboxylic acid groups (broad SMARTS) is 1. The number of nitrogens with one attached hydrogen (secondary N) is 1. The van der Waals surface area contributed by atoms with Crippen molar-refractivity contribution in [3.63, 3.8) is 0 Å². The molecule has 0 atom stereocenters. The number of nitrogens with zero attached hydrogens (tertiary/aromatic N) is 1. The van der Waals surface area contributed by atoms with E-state index in [1.807, 2.05) is 42.6 Å². The number of carboxylic acids is 1. The van der Waals surface area contributed by atoms with Crippen LogP contribution >= 0.6 is 0 Å². The predicted octanol–water partition coefficient (Wildman–Crippen LogP) is 4.61. The van der Waals surface area contributed by atoms with Gasteiger partial charge in [0.25, 0.3) is 0 Å². The fourth-order valence-electron chi connectivity index (χ4n) is 4.57. The molecule has 5 rings (SSSR count). The zero-order valence-electron chi connectivity index (χ0n) is 16.0. The smallest absolute Gasteiger partial charge is 0.339 e. The number of anilines is 1. The van der Waals surface area contributed by atoms with E-state index >= 15 is 0 Å². The van der Waals surface area contributed by atoms with Crippen molar-refractivity contribution in [2.45, 2.75) is 25.7 Å². The summed E-state index contributed by atoms with van der Waals surface area (Å²) in [6, 6.07) is 12.9. The van der Waals surface area contributed by atoms with E-state index in [0.717, 1.165) is 55.4 Å². The van der Waals surface area contributed by atoms with E-state index < -0.39 is 5.97 Å². The zero-order chi connectivity index (χ0) is 20.0. The highest BCUT2D eigenvalue weighted by molar-refractivity contribution is 5.92. The number of Topliss-reactive ketones (excluding diaryl/α,β-unsaturated/α-hetero) is 1. The Hall–Kier alpha value is -3.28. The van der Waals surface area contributed by atoms with Crippen molar-refractivity contribution in [1.29, 1.82) is 0 Å². The number of aromatic carboxylic acids is 1. The number of H-pyrrole nitrogens is 1. The molecule has 0 amide bonds. The van der Waals surface area contributed by atoms with Crippen LogP contribution in [0.2, 0.25) is 0 Å². The van der Waals surface area contributed by atoms with Gasteiger partial charge in [-0.05, 0) is 54.7 Å². The quantitative estimate of drug-likeness (QED) is 0.680. The van der Waals surface area contributed by atoms with Gasteiger partial charge in [-0.15, -0.1) is 0 Å². The van der Waals surface area contributed by atoms with Crippen LogP contribution in [0.15, 0.2) is 48.7 Å². The molecule has 0 unspecified atom stereocenters. The van der Waals surface area contributed by atoms with E-state index in [4.69, 9.17) is 4.74 Å². The Balaban J connectivity index is 1.40. The third kappa shape index (κ3) is 3.24.